The van der Waals surface area contributed by atoms with Gasteiger partial charge in [0.2, 0.25) is 11.0 Å². The smallest absolute Gasteiger partial charge is 0.233 e. The van der Waals surface area contributed by atoms with E-state index in [9.17, 15) is 4.79 Å². The molecule has 0 spiro atoms. The van der Waals surface area contributed by atoms with Crippen LogP contribution in [0.3, 0.4) is 0 Å². The quantitative estimate of drug-likeness (QED) is 0.881. The number of anilines is 1. The lowest BCUT2D eigenvalue weighted by molar-refractivity contribution is -0.115. The largest absolute Gasteiger partial charge is 0.469 e. The van der Waals surface area contributed by atoms with Crippen LogP contribution < -0.4 is 5.32 Å². The van der Waals surface area contributed by atoms with Crippen LogP contribution in [0.2, 0.25) is 0 Å². The topological polar surface area (TPSA) is 68.0 Å². The lowest BCUT2D eigenvalue weighted by Gasteiger charge is -1.97. The number of furan rings is 1. The summed E-state index contributed by atoms with van der Waals surface area (Å²) in [7, 11) is 0. The Bertz CT molecular complexity index is 464. The molecule has 0 aliphatic heterocycles. The van der Waals surface area contributed by atoms with Gasteiger partial charge in [0.1, 0.15) is 10.8 Å². The van der Waals surface area contributed by atoms with Gasteiger partial charge in [-0.3, -0.25) is 4.79 Å². The van der Waals surface area contributed by atoms with Gasteiger partial charge in [-0.05, 0) is 18.6 Å². The average Bonchev–Trinajstić information content (AvgIpc) is 2.89. The van der Waals surface area contributed by atoms with Crippen LogP contribution in [0.4, 0.5) is 5.13 Å². The van der Waals surface area contributed by atoms with E-state index in [1.54, 1.807) is 18.4 Å². The van der Waals surface area contributed by atoms with E-state index in [0.717, 1.165) is 11.4 Å². The summed E-state index contributed by atoms with van der Waals surface area (Å²) in [5.41, 5.74) is 0. The van der Waals surface area contributed by atoms with Gasteiger partial charge in [-0.2, -0.15) is 0 Å². The maximum absolute atomic E-state index is 11.5. The second-order valence-corrected chi connectivity index (χ2v) is 4.22. The summed E-state index contributed by atoms with van der Waals surface area (Å²) in [6.07, 6.45) is 2.59. The number of carbonyl (C=O) groups is 1. The van der Waals surface area contributed by atoms with E-state index >= 15 is 0 Å². The number of amides is 1. The standard InChI is InChI=1S/C10H11N3O2S/c1-2-9-12-13-10(16-9)11-8(14)6-7-4-3-5-15-7/h3-5H,2,6H2,1H3,(H,11,13,14). The summed E-state index contributed by atoms with van der Waals surface area (Å²) < 4.78 is 5.07. The lowest BCUT2D eigenvalue weighted by atomic mass is 10.3. The molecule has 5 nitrogen and oxygen atoms in total. The Morgan fingerprint density at radius 2 is 2.44 bits per heavy atom. The van der Waals surface area contributed by atoms with E-state index < -0.39 is 0 Å². The van der Waals surface area contributed by atoms with Gasteiger partial charge < -0.3 is 9.73 Å². The van der Waals surface area contributed by atoms with Gasteiger partial charge in [0, 0.05) is 0 Å². The molecule has 0 radical (unpaired) electrons. The van der Waals surface area contributed by atoms with E-state index in [1.165, 1.54) is 11.3 Å². The van der Waals surface area contributed by atoms with E-state index in [-0.39, 0.29) is 12.3 Å². The van der Waals surface area contributed by atoms with Crippen molar-refractivity contribution in [1.82, 2.24) is 10.2 Å². The minimum atomic E-state index is -0.145. The Labute approximate surface area is 96.5 Å². The molecular weight excluding hydrogens is 226 g/mol. The molecule has 0 bridgehead atoms. The van der Waals surface area contributed by atoms with Crippen molar-refractivity contribution >= 4 is 22.4 Å². The molecule has 6 heteroatoms. The molecule has 0 fully saturated rings. The molecule has 0 unspecified atom stereocenters. The minimum Gasteiger partial charge on any atom is -0.469 e. The number of aromatic nitrogens is 2. The van der Waals surface area contributed by atoms with E-state index in [4.69, 9.17) is 4.42 Å². The zero-order valence-electron chi connectivity index (χ0n) is 8.77. The summed E-state index contributed by atoms with van der Waals surface area (Å²) in [4.78, 5) is 11.5. The normalized spacial score (nSPS) is 10.3. The number of rotatable bonds is 4. The molecule has 0 aliphatic rings. The predicted octanol–water partition coefficient (Wildman–Crippen LogP) is 1.87. The van der Waals surface area contributed by atoms with Gasteiger partial charge in [0.05, 0.1) is 12.7 Å². The fourth-order valence-electron chi connectivity index (χ4n) is 1.18. The van der Waals surface area contributed by atoms with Gasteiger partial charge in [0.15, 0.2) is 0 Å². The fourth-order valence-corrected chi connectivity index (χ4v) is 1.88. The Hall–Kier alpha value is -1.69. The van der Waals surface area contributed by atoms with E-state index in [1.807, 2.05) is 6.92 Å². The van der Waals surface area contributed by atoms with Gasteiger partial charge >= 0.3 is 0 Å². The third-order valence-corrected chi connectivity index (χ3v) is 2.91. The zero-order chi connectivity index (χ0) is 11.4. The number of aryl methyl sites for hydroxylation is 1. The lowest BCUT2D eigenvalue weighted by Crippen LogP contribution is -2.13. The van der Waals surface area contributed by atoms with Gasteiger partial charge in [-0.15, -0.1) is 10.2 Å². The van der Waals surface area contributed by atoms with Crippen LogP contribution in [-0.2, 0) is 17.6 Å². The fraction of sp³-hybridized carbons (Fsp3) is 0.300. The summed E-state index contributed by atoms with van der Waals surface area (Å²) in [6, 6.07) is 3.51. The SMILES string of the molecule is CCc1nnc(NC(=O)Cc2ccco2)s1. The summed E-state index contributed by atoms with van der Waals surface area (Å²) in [5, 5.41) is 11.9. The van der Waals surface area contributed by atoms with Crippen LogP contribution in [0.1, 0.15) is 17.7 Å². The van der Waals surface area contributed by atoms with Crippen molar-refractivity contribution in [2.24, 2.45) is 0 Å². The van der Waals surface area contributed by atoms with Crippen molar-refractivity contribution in [1.29, 1.82) is 0 Å². The van der Waals surface area contributed by atoms with Crippen LogP contribution in [0.25, 0.3) is 0 Å². The Morgan fingerprint density at radius 3 is 3.06 bits per heavy atom. The maximum Gasteiger partial charge on any atom is 0.233 e. The highest BCUT2D eigenvalue weighted by atomic mass is 32.1. The number of nitrogens with zero attached hydrogens (tertiary/aromatic N) is 2. The molecule has 2 rings (SSSR count). The van der Waals surface area contributed by atoms with Gasteiger partial charge in [-0.1, -0.05) is 18.3 Å². The highest BCUT2D eigenvalue weighted by Gasteiger charge is 2.09. The van der Waals surface area contributed by atoms with Crippen LogP contribution in [0.15, 0.2) is 22.8 Å². The van der Waals surface area contributed by atoms with Gasteiger partial charge in [-0.25, -0.2) is 0 Å². The second kappa shape index (κ2) is 4.89. The molecule has 0 saturated heterocycles. The van der Waals surface area contributed by atoms with E-state index in [2.05, 4.69) is 15.5 Å². The first-order valence-corrected chi connectivity index (χ1v) is 5.74. The molecule has 0 aliphatic carbocycles. The molecule has 84 valence electrons. The van der Waals surface area contributed by atoms with Crippen LogP contribution in [-0.4, -0.2) is 16.1 Å². The number of nitrogens with one attached hydrogen (secondary N) is 1. The first-order valence-electron chi connectivity index (χ1n) is 4.92. The molecule has 1 N–H and O–H groups in total. The second-order valence-electron chi connectivity index (χ2n) is 3.16. The third kappa shape index (κ3) is 2.66. The van der Waals surface area contributed by atoms with Crippen molar-refractivity contribution in [2.75, 3.05) is 5.32 Å². The Balaban J connectivity index is 1.92. The maximum atomic E-state index is 11.5. The average molecular weight is 237 g/mol. The molecular formula is C10H11N3O2S. The number of carbonyl (C=O) groups excluding carboxylic acids is 1. The summed E-state index contributed by atoms with van der Waals surface area (Å²) in [6.45, 7) is 2.00. The molecule has 16 heavy (non-hydrogen) atoms. The first-order chi connectivity index (χ1) is 7.78. The van der Waals surface area contributed by atoms with Crippen LogP contribution in [0.5, 0.6) is 0 Å². The highest BCUT2D eigenvalue weighted by Crippen LogP contribution is 2.15. The summed E-state index contributed by atoms with van der Waals surface area (Å²) in [5.74, 6) is 0.492. The van der Waals surface area contributed by atoms with Crippen molar-refractivity contribution in [3.8, 4) is 0 Å². The minimum absolute atomic E-state index is 0.145. The van der Waals surface area contributed by atoms with Crippen molar-refractivity contribution in [3.05, 3.63) is 29.2 Å². The number of hydrogen-bond acceptors (Lipinski definition) is 5. The van der Waals surface area contributed by atoms with Crippen molar-refractivity contribution < 1.29 is 9.21 Å². The molecule has 2 aromatic rings. The molecule has 1 amide bonds. The monoisotopic (exact) mass is 237 g/mol. The summed E-state index contributed by atoms with van der Waals surface area (Å²) >= 11 is 1.39. The molecule has 2 aromatic heterocycles. The van der Waals surface area contributed by atoms with Crippen molar-refractivity contribution in [3.63, 3.8) is 0 Å². The Kier molecular flexibility index (Phi) is 3.31. The van der Waals surface area contributed by atoms with Crippen LogP contribution in [0, 0.1) is 0 Å². The molecule has 0 atom stereocenters. The number of hydrogen-bond donors (Lipinski definition) is 1. The molecule has 0 saturated carbocycles. The molecule has 2 heterocycles. The van der Waals surface area contributed by atoms with Crippen molar-refractivity contribution in [2.45, 2.75) is 19.8 Å². The zero-order valence-corrected chi connectivity index (χ0v) is 9.58. The highest BCUT2D eigenvalue weighted by molar-refractivity contribution is 7.15. The Morgan fingerprint density at radius 1 is 1.56 bits per heavy atom. The van der Waals surface area contributed by atoms with Gasteiger partial charge in [0.25, 0.3) is 0 Å². The molecule has 0 aromatic carbocycles. The van der Waals surface area contributed by atoms with Crippen LogP contribution >= 0.6 is 11.3 Å². The third-order valence-electron chi connectivity index (χ3n) is 1.93. The first kappa shape index (κ1) is 10.8. The predicted molar refractivity (Wildman–Crippen MR) is 60.3 cm³/mol. The van der Waals surface area contributed by atoms with E-state index in [0.29, 0.717) is 10.9 Å².